The highest BCUT2D eigenvalue weighted by Crippen LogP contribution is 2.25. The van der Waals surface area contributed by atoms with E-state index in [0.29, 0.717) is 39.0 Å². The van der Waals surface area contributed by atoms with E-state index < -0.39 is 29.5 Å². The minimum absolute atomic E-state index is 0.00585. The number of hydrogen-bond acceptors (Lipinski definition) is 6. The number of likely N-dealkylation sites (tertiary alicyclic amines) is 1. The zero-order valence-corrected chi connectivity index (χ0v) is 20.6. The number of halogens is 2. The molecule has 10 heteroatoms. The summed E-state index contributed by atoms with van der Waals surface area (Å²) in [7, 11) is 1.75. The monoisotopic (exact) mass is 512 g/mol. The van der Waals surface area contributed by atoms with E-state index in [0.717, 1.165) is 17.7 Å². The van der Waals surface area contributed by atoms with Crippen molar-refractivity contribution in [2.45, 2.75) is 18.9 Å². The molecule has 0 aliphatic carbocycles. The first kappa shape index (κ1) is 26.4. The van der Waals surface area contributed by atoms with Gasteiger partial charge in [-0.05, 0) is 30.5 Å². The van der Waals surface area contributed by atoms with Crippen molar-refractivity contribution in [3.05, 3.63) is 77.5 Å². The molecule has 0 spiro atoms. The van der Waals surface area contributed by atoms with Crippen molar-refractivity contribution >= 4 is 11.8 Å². The second kappa shape index (κ2) is 12.1. The van der Waals surface area contributed by atoms with Crippen molar-refractivity contribution < 1.29 is 28.0 Å². The van der Waals surface area contributed by atoms with Gasteiger partial charge in [0.25, 0.3) is 5.91 Å². The van der Waals surface area contributed by atoms with E-state index in [2.05, 4.69) is 10.5 Å². The molecule has 2 heterocycles. The number of likely N-dealkylation sites (N-methyl/N-ethyl adjacent to an activating group) is 1. The van der Waals surface area contributed by atoms with Gasteiger partial charge in [0.15, 0.2) is 11.5 Å². The van der Waals surface area contributed by atoms with Gasteiger partial charge in [-0.1, -0.05) is 35.5 Å². The molecule has 2 amide bonds. The van der Waals surface area contributed by atoms with Gasteiger partial charge >= 0.3 is 0 Å². The van der Waals surface area contributed by atoms with Crippen molar-refractivity contribution in [3.63, 3.8) is 0 Å². The third kappa shape index (κ3) is 6.58. The van der Waals surface area contributed by atoms with Crippen LogP contribution in [0.5, 0.6) is 0 Å². The van der Waals surface area contributed by atoms with E-state index in [1.54, 1.807) is 11.9 Å². The molecule has 0 radical (unpaired) electrons. The number of benzene rings is 2. The van der Waals surface area contributed by atoms with Gasteiger partial charge in [-0.3, -0.25) is 9.59 Å². The van der Waals surface area contributed by atoms with Gasteiger partial charge in [0.1, 0.15) is 11.6 Å². The van der Waals surface area contributed by atoms with Crippen LogP contribution in [0, 0.1) is 17.6 Å². The number of nitrogens with one attached hydrogen (secondary N) is 1. The maximum Gasteiger partial charge on any atom is 0.273 e. The summed E-state index contributed by atoms with van der Waals surface area (Å²) in [6.45, 7) is 1.94. The lowest BCUT2D eigenvalue weighted by molar-refractivity contribution is -0.137. The molecule has 1 fully saturated rings. The quantitative estimate of drug-likeness (QED) is 0.458. The maximum atomic E-state index is 14.1. The molecule has 8 nitrogen and oxygen atoms in total. The number of amides is 2. The van der Waals surface area contributed by atoms with Gasteiger partial charge in [-0.15, -0.1) is 0 Å². The van der Waals surface area contributed by atoms with Crippen molar-refractivity contribution in [2.75, 3.05) is 39.8 Å². The van der Waals surface area contributed by atoms with Crippen LogP contribution in [-0.2, 0) is 11.2 Å². The summed E-state index contributed by atoms with van der Waals surface area (Å²) >= 11 is 0. The van der Waals surface area contributed by atoms with E-state index in [-0.39, 0.29) is 29.5 Å². The SMILES string of the molecule is CN(CCc1ccccc1)C(=O)C1CN(CCO)CCC1NC(=O)c1cc(-c2ccc(F)cc2F)on1. The van der Waals surface area contributed by atoms with E-state index in [1.165, 1.54) is 12.1 Å². The molecule has 2 atom stereocenters. The van der Waals surface area contributed by atoms with Gasteiger partial charge in [0, 0.05) is 51.4 Å². The predicted octanol–water partition coefficient (Wildman–Crippen LogP) is 2.73. The zero-order chi connectivity index (χ0) is 26.4. The number of aromatic nitrogens is 1. The summed E-state index contributed by atoms with van der Waals surface area (Å²) < 4.78 is 32.5. The van der Waals surface area contributed by atoms with Gasteiger partial charge in [0.2, 0.25) is 5.91 Å². The van der Waals surface area contributed by atoms with Gasteiger partial charge in [0.05, 0.1) is 18.1 Å². The fourth-order valence-corrected chi connectivity index (χ4v) is 4.56. The topological polar surface area (TPSA) is 98.9 Å². The summed E-state index contributed by atoms with van der Waals surface area (Å²) in [6, 6.07) is 13.7. The molecule has 1 aliphatic heterocycles. The lowest BCUT2D eigenvalue weighted by Crippen LogP contribution is -2.56. The lowest BCUT2D eigenvalue weighted by Gasteiger charge is -2.39. The minimum atomic E-state index is -0.830. The molecule has 3 aromatic rings. The maximum absolute atomic E-state index is 14.1. The van der Waals surface area contributed by atoms with Crippen LogP contribution in [0.2, 0.25) is 0 Å². The standard InChI is InChI=1S/C27H30F2N4O4/c1-32(11-9-18-5-3-2-4-6-18)27(36)21-17-33(13-14-34)12-10-23(21)30-26(35)24-16-25(37-31-24)20-8-7-19(28)15-22(20)29/h2-8,15-16,21,23,34H,9-14,17H2,1H3,(H,30,35). The van der Waals surface area contributed by atoms with E-state index in [4.69, 9.17) is 4.52 Å². The Labute approximate surface area is 213 Å². The molecule has 2 unspecified atom stereocenters. The molecule has 2 aromatic carbocycles. The van der Waals surface area contributed by atoms with E-state index in [9.17, 15) is 23.5 Å². The zero-order valence-electron chi connectivity index (χ0n) is 20.6. The van der Waals surface area contributed by atoms with Crippen LogP contribution in [0.1, 0.15) is 22.5 Å². The summed E-state index contributed by atoms with van der Waals surface area (Å²) in [5.41, 5.74) is 1.04. The van der Waals surface area contributed by atoms with Crippen LogP contribution >= 0.6 is 0 Å². The van der Waals surface area contributed by atoms with Crippen LogP contribution < -0.4 is 5.32 Å². The van der Waals surface area contributed by atoms with Crippen molar-refractivity contribution in [2.24, 2.45) is 5.92 Å². The molecule has 1 aromatic heterocycles. The van der Waals surface area contributed by atoms with Crippen molar-refractivity contribution in [1.82, 2.24) is 20.3 Å². The molecule has 0 bridgehead atoms. The van der Waals surface area contributed by atoms with Crippen LogP contribution in [0.4, 0.5) is 8.78 Å². The number of piperidine rings is 1. The highest BCUT2D eigenvalue weighted by molar-refractivity contribution is 5.94. The second-order valence-corrected chi connectivity index (χ2v) is 9.20. The number of carbonyl (C=O) groups is 2. The van der Waals surface area contributed by atoms with Gasteiger partial charge in [-0.25, -0.2) is 8.78 Å². The van der Waals surface area contributed by atoms with Gasteiger partial charge in [-0.2, -0.15) is 0 Å². The normalized spacial score (nSPS) is 17.9. The number of aliphatic hydroxyl groups excluding tert-OH is 1. The number of aliphatic hydroxyl groups is 1. The molecule has 196 valence electrons. The number of hydrogen-bond donors (Lipinski definition) is 2. The summed E-state index contributed by atoms with van der Waals surface area (Å²) in [6.07, 6.45) is 1.21. The number of rotatable bonds is 9. The average molecular weight is 513 g/mol. The highest BCUT2D eigenvalue weighted by atomic mass is 19.1. The van der Waals surface area contributed by atoms with Crippen molar-refractivity contribution in [3.8, 4) is 11.3 Å². The van der Waals surface area contributed by atoms with E-state index >= 15 is 0 Å². The first-order valence-corrected chi connectivity index (χ1v) is 12.2. The highest BCUT2D eigenvalue weighted by Gasteiger charge is 2.37. The van der Waals surface area contributed by atoms with Crippen LogP contribution in [-0.4, -0.2) is 77.8 Å². The Hall–Kier alpha value is -3.63. The number of carbonyl (C=O) groups excluding carboxylic acids is 2. The minimum Gasteiger partial charge on any atom is -0.395 e. The molecular formula is C27H30F2N4O4. The number of β-amino-alcohol motifs (C(OH)–C–C–N with tert-alkyl or cyclic N) is 1. The fraction of sp³-hybridized carbons (Fsp3) is 0.370. The third-order valence-corrected chi connectivity index (χ3v) is 6.64. The first-order valence-electron chi connectivity index (χ1n) is 12.2. The summed E-state index contributed by atoms with van der Waals surface area (Å²) in [4.78, 5) is 30.1. The molecule has 37 heavy (non-hydrogen) atoms. The predicted molar refractivity (Wildman–Crippen MR) is 133 cm³/mol. The molecular weight excluding hydrogens is 482 g/mol. The summed E-state index contributed by atoms with van der Waals surface area (Å²) in [5.74, 6) is -2.74. The molecule has 2 N–H and O–H groups in total. The van der Waals surface area contributed by atoms with Crippen LogP contribution in [0.3, 0.4) is 0 Å². The molecule has 1 aliphatic rings. The van der Waals surface area contributed by atoms with Crippen LogP contribution in [0.15, 0.2) is 59.1 Å². The van der Waals surface area contributed by atoms with Crippen molar-refractivity contribution in [1.29, 1.82) is 0 Å². The average Bonchev–Trinajstić information content (AvgIpc) is 3.38. The molecule has 4 rings (SSSR count). The Kier molecular flexibility index (Phi) is 8.62. The second-order valence-electron chi connectivity index (χ2n) is 9.20. The Balaban J connectivity index is 1.45. The van der Waals surface area contributed by atoms with Crippen LogP contribution in [0.25, 0.3) is 11.3 Å². The smallest absolute Gasteiger partial charge is 0.273 e. The fourth-order valence-electron chi connectivity index (χ4n) is 4.56. The Morgan fingerprint density at radius 1 is 1.19 bits per heavy atom. The molecule has 1 saturated heterocycles. The lowest BCUT2D eigenvalue weighted by atomic mass is 9.90. The Bertz CT molecular complexity index is 1220. The van der Waals surface area contributed by atoms with E-state index in [1.807, 2.05) is 35.2 Å². The molecule has 0 saturated carbocycles. The third-order valence-electron chi connectivity index (χ3n) is 6.64. The summed E-state index contributed by atoms with van der Waals surface area (Å²) in [5, 5.41) is 16.0. The number of nitrogens with zero attached hydrogens (tertiary/aromatic N) is 3. The Morgan fingerprint density at radius 3 is 2.70 bits per heavy atom. The Morgan fingerprint density at radius 2 is 1.97 bits per heavy atom. The first-order chi connectivity index (χ1) is 17.9. The van der Waals surface area contributed by atoms with Gasteiger partial charge < -0.3 is 24.7 Å². The largest absolute Gasteiger partial charge is 0.395 e.